The summed E-state index contributed by atoms with van der Waals surface area (Å²) < 4.78 is 0.832. The zero-order valence-corrected chi connectivity index (χ0v) is 7.01. The average molecular weight is 161 g/mol. The van der Waals surface area contributed by atoms with E-state index in [2.05, 4.69) is 28.4 Å². The number of thioether (sulfide) groups is 2. The molecule has 0 N–H and O–H groups in total. The lowest BCUT2D eigenvalue weighted by molar-refractivity contribution is 0.331. The van der Waals surface area contributed by atoms with Gasteiger partial charge >= 0.3 is 0 Å². The monoisotopic (exact) mass is 161 g/mol. The van der Waals surface area contributed by atoms with Crippen molar-refractivity contribution in [3.8, 4) is 0 Å². The molecule has 9 heavy (non-hydrogen) atoms. The first-order chi connectivity index (χ1) is 4.47. The van der Waals surface area contributed by atoms with Crippen molar-refractivity contribution in [1.82, 2.24) is 4.90 Å². The van der Waals surface area contributed by atoms with Gasteiger partial charge in [-0.2, -0.15) is 0 Å². The maximum absolute atomic E-state index is 2.60. The summed E-state index contributed by atoms with van der Waals surface area (Å²) in [5.74, 6) is 2.74. The second-order valence-corrected chi connectivity index (χ2v) is 5.11. The van der Waals surface area contributed by atoms with E-state index in [4.69, 9.17) is 0 Å². The van der Waals surface area contributed by atoms with E-state index in [1.165, 1.54) is 31.0 Å². The molecule has 1 unspecified atom stereocenters. The predicted molar refractivity (Wildman–Crippen MR) is 44.9 cm³/mol. The van der Waals surface area contributed by atoms with Gasteiger partial charge in [-0.1, -0.05) is 0 Å². The van der Waals surface area contributed by atoms with Crippen LogP contribution in [0.15, 0.2) is 0 Å². The molecule has 0 aliphatic carbocycles. The highest BCUT2D eigenvalue weighted by molar-refractivity contribution is 8.17. The maximum atomic E-state index is 2.60. The molecule has 0 spiro atoms. The van der Waals surface area contributed by atoms with E-state index in [0.29, 0.717) is 0 Å². The Morgan fingerprint density at radius 3 is 2.89 bits per heavy atom. The zero-order chi connectivity index (χ0) is 6.10. The summed E-state index contributed by atoms with van der Waals surface area (Å²) >= 11 is 4.24. The summed E-state index contributed by atoms with van der Waals surface area (Å²) in [5.41, 5.74) is 0. The molecule has 0 aromatic carbocycles. The van der Waals surface area contributed by atoms with Crippen LogP contribution in [0.1, 0.15) is 6.42 Å². The second-order valence-electron chi connectivity index (χ2n) is 2.44. The Morgan fingerprint density at radius 2 is 2.00 bits per heavy atom. The summed E-state index contributed by atoms with van der Waals surface area (Å²) in [4.78, 5) is 2.60. The van der Waals surface area contributed by atoms with Gasteiger partial charge in [0.1, 0.15) is 4.71 Å². The van der Waals surface area contributed by atoms with Crippen LogP contribution in [-0.4, -0.2) is 34.2 Å². The first kappa shape index (κ1) is 6.38. The summed E-state index contributed by atoms with van der Waals surface area (Å²) in [7, 11) is 0. The van der Waals surface area contributed by atoms with Gasteiger partial charge in [-0.15, -0.1) is 23.5 Å². The van der Waals surface area contributed by atoms with Crippen molar-refractivity contribution in [2.75, 3.05) is 24.6 Å². The van der Waals surface area contributed by atoms with Crippen LogP contribution in [0.5, 0.6) is 0 Å². The van der Waals surface area contributed by atoms with Gasteiger partial charge in [0.05, 0.1) is 0 Å². The molecule has 1 atom stereocenters. The van der Waals surface area contributed by atoms with E-state index >= 15 is 0 Å². The molecule has 2 heterocycles. The molecule has 3 heteroatoms. The third kappa shape index (κ3) is 1.23. The molecular formula is C6H11NS2. The molecule has 2 fully saturated rings. The molecule has 0 saturated carbocycles. The Kier molecular flexibility index (Phi) is 1.93. The van der Waals surface area contributed by atoms with Gasteiger partial charge in [0.15, 0.2) is 0 Å². The Labute approximate surface area is 64.6 Å². The minimum absolute atomic E-state index is 0.832. The number of hydrogen-bond donors (Lipinski definition) is 0. The van der Waals surface area contributed by atoms with Crippen LogP contribution < -0.4 is 0 Å². The largest absolute Gasteiger partial charge is 0.282 e. The van der Waals surface area contributed by atoms with Crippen LogP contribution in [0.25, 0.3) is 0 Å². The van der Waals surface area contributed by atoms with Crippen molar-refractivity contribution < 1.29 is 0 Å². The topological polar surface area (TPSA) is 3.24 Å². The molecule has 2 rings (SSSR count). The summed E-state index contributed by atoms with van der Waals surface area (Å²) in [6.45, 7) is 2.69. The molecule has 2 aliphatic rings. The van der Waals surface area contributed by atoms with Crippen molar-refractivity contribution in [3.63, 3.8) is 0 Å². The van der Waals surface area contributed by atoms with Crippen LogP contribution in [-0.2, 0) is 0 Å². The lowest BCUT2D eigenvalue weighted by Crippen LogP contribution is -2.31. The van der Waals surface area contributed by atoms with Crippen molar-refractivity contribution in [3.05, 3.63) is 0 Å². The van der Waals surface area contributed by atoms with Gasteiger partial charge in [0.2, 0.25) is 0 Å². The average Bonchev–Trinajstić information content (AvgIpc) is 2.33. The van der Waals surface area contributed by atoms with E-state index in [0.717, 1.165) is 4.71 Å². The normalized spacial score (nSPS) is 36.7. The van der Waals surface area contributed by atoms with Crippen LogP contribution >= 0.6 is 23.5 Å². The van der Waals surface area contributed by atoms with E-state index < -0.39 is 0 Å². The summed E-state index contributed by atoms with van der Waals surface area (Å²) in [6.07, 6.45) is 1.40. The molecule has 0 amide bonds. The standard InChI is InChI=1S/C6H11NS2/c1-2-7-3-5-9-6(7)8-4-1/h6H,1-5H2. The van der Waals surface area contributed by atoms with Gasteiger partial charge in [-0.25, -0.2) is 0 Å². The Morgan fingerprint density at radius 1 is 1.11 bits per heavy atom. The molecule has 0 radical (unpaired) electrons. The smallest absolute Gasteiger partial charge is 0.103 e. The summed E-state index contributed by atoms with van der Waals surface area (Å²) in [6, 6.07) is 0. The molecule has 0 aromatic heterocycles. The Hall–Kier alpha value is 0.660. The third-order valence-electron chi connectivity index (χ3n) is 1.79. The number of fused-ring (bicyclic) bond motifs is 1. The summed E-state index contributed by atoms with van der Waals surface area (Å²) in [5, 5.41) is 0. The molecule has 52 valence electrons. The third-order valence-corrected chi connectivity index (χ3v) is 4.71. The van der Waals surface area contributed by atoms with Gasteiger partial charge in [-0.05, 0) is 12.2 Å². The van der Waals surface area contributed by atoms with Crippen LogP contribution in [0.2, 0.25) is 0 Å². The fraction of sp³-hybridized carbons (Fsp3) is 1.00. The molecule has 2 aliphatic heterocycles. The Balaban J connectivity index is 1.97. The minimum atomic E-state index is 0.832. The number of nitrogens with zero attached hydrogens (tertiary/aromatic N) is 1. The van der Waals surface area contributed by atoms with Crippen LogP contribution in [0, 0.1) is 0 Å². The SMILES string of the molecule is C1CSC2SCCN2C1. The van der Waals surface area contributed by atoms with Crippen molar-refractivity contribution >= 4 is 23.5 Å². The van der Waals surface area contributed by atoms with Gasteiger partial charge in [0, 0.05) is 18.8 Å². The van der Waals surface area contributed by atoms with Crippen LogP contribution in [0.3, 0.4) is 0 Å². The van der Waals surface area contributed by atoms with Crippen molar-refractivity contribution in [1.29, 1.82) is 0 Å². The lowest BCUT2D eigenvalue weighted by atomic mass is 10.4. The lowest BCUT2D eigenvalue weighted by Gasteiger charge is -2.27. The van der Waals surface area contributed by atoms with Crippen LogP contribution in [0.4, 0.5) is 0 Å². The highest BCUT2D eigenvalue weighted by Gasteiger charge is 2.27. The van der Waals surface area contributed by atoms with E-state index in [1.54, 1.807) is 0 Å². The quantitative estimate of drug-likeness (QED) is 0.529. The maximum Gasteiger partial charge on any atom is 0.103 e. The van der Waals surface area contributed by atoms with Gasteiger partial charge in [-0.3, -0.25) is 4.90 Å². The fourth-order valence-electron chi connectivity index (χ4n) is 1.30. The van der Waals surface area contributed by atoms with E-state index in [-0.39, 0.29) is 0 Å². The Bertz CT molecular complexity index is 95.2. The molecule has 1 nitrogen and oxygen atoms in total. The number of hydrogen-bond acceptors (Lipinski definition) is 3. The fourth-order valence-corrected chi connectivity index (χ4v) is 4.15. The van der Waals surface area contributed by atoms with E-state index in [1.807, 2.05) is 0 Å². The highest BCUT2D eigenvalue weighted by atomic mass is 32.2. The predicted octanol–water partition coefficient (Wildman–Crippen LogP) is 1.46. The molecular weight excluding hydrogens is 150 g/mol. The van der Waals surface area contributed by atoms with E-state index in [9.17, 15) is 0 Å². The van der Waals surface area contributed by atoms with Crippen molar-refractivity contribution in [2.24, 2.45) is 0 Å². The first-order valence-corrected chi connectivity index (χ1v) is 5.54. The van der Waals surface area contributed by atoms with Gasteiger partial charge < -0.3 is 0 Å². The second kappa shape index (κ2) is 2.72. The zero-order valence-electron chi connectivity index (χ0n) is 5.38. The number of rotatable bonds is 0. The minimum Gasteiger partial charge on any atom is -0.282 e. The molecule has 2 saturated heterocycles. The molecule has 0 aromatic rings. The first-order valence-electron chi connectivity index (χ1n) is 3.44. The molecule has 0 bridgehead atoms. The highest BCUT2D eigenvalue weighted by Crippen LogP contribution is 2.35. The van der Waals surface area contributed by atoms with Gasteiger partial charge in [0.25, 0.3) is 0 Å². The van der Waals surface area contributed by atoms with Crippen molar-refractivity contribution in [2.45, 2.75) is 11.1 Å².